The van der Waals surface area contributed by atoms with Crippen molar-refractivity contribution >= 4 is 46.7 Å². The monoisotopic (exact) mass is 515 g/mol. The zero-order valence-electron chi connectivity index (χ0n) is 17.1. The van der Waals surface area contributed by atoms with Crippen LogP contribution in [0.15, 0.2) is 29.4 Å². The van der Waals surface area contributed by atoms with E-state index in [4.69, 9.17) is 0 Å². The number of H-pyrrole nitrogens is 1. The largest absolute Gasteiger partial charge is 0.361 e. The first-order chi connectivity index (χ1) is 13.6. The van der Waals surface area contributed by atoms with Crippen molar-refractivity contribution in [2.75, 3.05) is 33.2 Å². The van der Waals surface area contributed by atoms with E-state index in [1.807, 2.05) is 11.1 Å². The molecule has 0 bridgehead atoms. The Morgan fingerprint density at radius 1 is 1.34 bits per heavy atom. The van der Waals surface area contributed by atoms with Gasteiger partial charge in [0.1, 0.15) is 5.82 Å². The fourth-order valence-electron chi connectivity index (χ4n) is 3.76. The van der Waals surface area contributed by atoms with E-state index in [0.717, 1.165) is 42.4 Å². The third kappa shape index (κ3) is 6.58. The molecule has 3 rings (SSSR count). The second kappa shape index (κ2) is 11.4. The van der Waals surface area contributed by atoms with Gasteiger partial charge in [0, 0.05) is 56.7 Å². The summed E-state index contributed by atoms with van der Waals surface area (Å²) in [6.45, 7) is 5.22. The highest BCUT2D eigenvalue weighted by molar-refractivity contribution is 14.0. The molecule has 1 aromatic heterocycles. The minimum absolute atomic E-state index is 0. The molecule has 160 valence electrons. The van der Waals surface area contributed by atoms with Gasteiger partial charge in [-0.2, -0.15) is 0 Å². The fraction of sp³-hybridized carbons (Fsp3) is 0.524. The number of guanidine groups is 1. The average Bonchev–Trinajstić information content (AvgIpc) is 3.08. The number of hydrogen-bond acceptors (Lipinski definition) is 2. The van der Waals surface area contributed by atoms with E-state index in [2.05, 4.69) is 27.5 Å². The molecular weight excluding hydrogens is 484 g/mol. The van der Waals surface area contributed by atoms with Gasteiger partial charge in [0.15, 0.2) is 5.96 Å². The predicted molar refractivity (Wildman–Crippen MR) is 126 cm³/mol. The van der Waals surface area contributed by atoms with Gasteiger partial charge in [0.05, 0.1) is 0 Å². The van der Waals surface area contributed by atoms with Crippen LogP contribution in [0, 0.1) is 11.7 Å². The minimum atomic E-state index is -0.239. The smallest absolute Gasteiger partial charge is 0.224 e. The van der Waals surface area contributed by atoms with E-state index in [0.29, 0.717) is 31.4 Å². The SMILES string of the molecule is CN=C(NCCC(=O)N1CCCC(C)C1)NCCc1c[nH]c2cc(F)ccc12.I. The Labute approximate surface area is 188 Å². The number of piperidine rings is 1. The molecule has 1 aromatic carbocycles. The van der Waals surface area contributed by atoms with E-state index in [-0.39, 0.29) is 35.7 Å². The molecule has 3 N–H and O–H groups in total. The van der Waals surface area contributed by atoms with E-state index in [1.54, 1.807) is 13.1 Å². The molecule has 2 heterocycles. The number of likely N-dealkylation sites (tertiary alicyclic amines) is 1. The van der Waals surface area contributed by atoms with Crippen molar-refractivity contribution in [3.63, 3.8) is 0 Å². The van der Waals surface area contributed by atoms with Gasteiger partial charge in [0.2, 0.25) is 5.91 Å². The molecule has 1 unspecified atom stereocenters. The first-order valence-electron chi connectivity index (χ1n) is 10.0. The Hall–Kier alpha value is -1.84. The molecule has 29 heavy (non-hydrogen) atoms. The lowest BCUT2D eigenvalue weighted by Gasteiger charge is -2.31. The zero-order chi connectivity index (χ0) is 19.9. The van der Waals surface area contributed by atoms with Gasteiger partial charge in [-0.05, 0) is 48.9 Å². The van der Waals surface area contributed by atoms with E-state index < -0.39 is 0 Å². The van der Waals surface area contributed by atoms with E-state index in [1.165, 1.54) is 18.6 Å². The first kappa shape index (κ1) is 23.4. The number of carbonyl (C=O) groups excluding carboxylic acids is 1. The van der Waals surface area contributed by atoms with Gasteiger partial charge in [-0.15, -0.1) is 24.0 Å². The summed E-state index contributed by atoms with van der Waals surface area (Å²) in [5.74, 6) is 1.25. The van der Waals surface area contributed by atoms with Crippen LogP contribution in [0.3, 0.4) is 0 Å². The summed E-state index contributed by atoms with van der Waals surface area (Å²) in [7, 11) is 1.72. The minimum Gasteiger partial charge on any atom is -0.361 e. The average molecular weight is 515 g/mol. The Morgan fingerprint density at radius 3 is 2.90 bits per heavy atom. The van der Waals surface area contributed by atoms with E-state index in [9.17, 15) is 9.18 Å². The molecule has 1 aliphatic heterocycles. The maximum Gasteiger partial charge on any atom is 0.224 e. The lowest BCUT2D eigenvalue weighted by molar-refractivity contribution is -0.132. The quantitative estimate of drug-likeness (QED) is 0.314. The van der Waals surface area contributed by atoms with Crippen molar-refractivity contribution in [2.24, 2.45) is 10.9 Å². The van der Waals surface area contributed by atoms with Crippen molar-refractivity contribution in [1.29, 1.82) is 0 Å². The molecular formula is C21H31FIN5O. The summed E-state index contributed by atoms with van der Waals surface area (Å²) >= 11 is 0. The Balaban J connectivity index is 0.00000300. The van der Waals surface area contributed by atoms with Crippen LogP contribution in [0.2, 0.25) is 0 Å². The Kier molecular flexibility index (Phi) is 9.19. The molecule has 1 amide bonds. The number of halogens is 2. The third-order valence-electron chi connectivity index (χ3n) is 5.28. The maximum absolute atomic E-state index is 13.3. The van der Waals surface area contributed by atoms with Gasteiger partial charge in [-0.25, -0.2) is 4.39 Å². The molecule has 1 atom stereocenters. The Morgan fingerprint density at radius 2 is 2.14 bits per heavy atom. The molecule has 8 heteroatoms. The second-order valence-electron chi connectivity index (χ2n) is 7.52. The number of amides is 1. The van der Waals surface area contributed by atoms with Crippen LogP contribution in [0.25, 0.3) is 10.9 Å². The van der Waals surface area contributed by atoms with Gasteiger partial charge < -0.3 is 20.5 Å². The molecule has 2 aromatic rings. The number of nitrogens with zero attached hydrogens (tertiary/aromatic N) is 2. The normalized spacial score (nSPS) is 17.1. The highest BCUT2D eigenvalue weighted by Crippen LogP contribution is 2.19. The summed E-state index contributed by atoms with van der Waals surface area (Å²) in [6.07, 6.45) is 5.49. The van der Waals surface area contributed by atoms with Crippen LogP contribution in [0.5, 0.6) is 0 Å². The number of nitrogens with one attached hydrogen (secondary N) is 3. The van der Waals surface area contributed by atoms with Crippen LogP contribution in [-0.2, 0) is 11.2 Å². The number of aliphatic imine (C=N–C) groups is 1. The molecule has 1 fully saturated rings. The molecule has 1 aliphatic rings. The van der Waals surface area contributed by atoms with Crippen molar-refractivity contribution in [3.8, 4) is 0 Å². The fourth-order valence-corrected chi connectivity index (χ4v) is 3.76. The number of hydrogen-bond donors (Lipinski definition) is 3. The molecule has 0 radical (unpaired) electrons. The molecule has 0 spiro atoms. The second-order valence-corrected chi connectivity index (χ2v) is 7.52. The van der Waals surface area contributed by atoms with Crippen molar-refractivity contribution < 1.29 is 9.18 Å². The van der Waals surface area contributed by atoms with Crippen LogP contribution in [-0.4, -0.2) is 55.0 Å². The van der Waals surface area contributed by atoms with Crippen molar-refractivity contribution in [3.05, 3.63) is 35.8 Å². The highest BCUT2D eigenvalue weighted by Gasteiger charge is 2.20. The first-order valence-corrected chi connectivity index (χ1v) is 10.0. The van der Waals surface area contributed by atoms with E-state index >= 15 is 0 Å². The summed E-state index contributed by atoms with van der Waals surface area (Å²) in [4.78, 5) is 21.6. The lowest BCUT2D eigenvalue weighted by Crippen LogP contribution is -2.42. The zero-order valence-corrected chi connectivity index (χ0v) is 19.5. The standard InChI is InChI=1S/C21H30FN5O.HI/c1-15-4-3-11-27(14-15)20(28)8-10-25-21(23-2)24-9-7-16-13-26-19-12-17(22)5-6-18(16)19;/h5-6,12-13,15,26H,3-4,7-11,14H2,1-2H3,(H2,23,24,25);1H. The van der Waals surface area contributed by atoms with Gasteiger partial charge >= 0.3 is 0 Å². The summed E-state index contributed by atoms with van der Waals surface area (Å²) in [5.41, 5.74) is 1.94. The topological polar surface area (TPSA) is 72.5 Å². The van der Waals surface area contributed by atoms with Crippen molar-refractivity contribution in [2.45, 2.75) is 32.6 Å². The van der Waals surface area contributed by atoms with Gasteiger partial charge in [0.25, 0.3) is 0 Å². The van der Waals surface area contributed by atoms with Gasteiger partial charge in [-0.1, -0.05) is 6.92 Å². The number of aromatic amines is 1. The number of benzene rings is 1. The maximum atomic E-state index is 13.3. The molecule has 6 nitrogen and oxygen atoms in total. The number of rotatable bonds is 6. The third-order valence-corrected chi connectivity index (χ3v) is 5.28. The molecule has 0 aliphatic carbocycles. The summed E-state index contributed by atoms with van der Waals surface area (Å²) in [5, 5.41) is 7.51. The number of aromatic nitrogens is 1. The van der Waals surface area contributed by atoms with Crippen LogP contribution < -0.4 is 10.6 Å². The Bertz CT molecular complexity index is 838. The van der Waals surface area contributed by atoms with Crippen LogP contribution in [0.1, 0.15) is 31.7 Å². The molecule has 1 saturated heterocycles. The number of fused-ring (bicyclic) bond motifs is 1. The van der Waals surface area contributed by atoms with Crippen molar-refractivity contribution in [1.82, 2.24) is 20.5 Å². The van der Waals surface area contributed by atoms with Crippen LogP contribution >= 0.6 is 24.0 Å². The summed E-state index contributed by atoms with van der Waals surface area (Å²) < 4.78 is 13.3. The summed E-state index contributed by atoms with van der Waals surface area (Å²) in [6, 6.07) is 4.79. The lowest BCUT2D eigenvalue weighted by atomic mass is 10.00. The highest BCUT2D eigenvalue weighted by atomic mass is 127. The van der Waals surface area contributed by atoms with Crippen LogP contribution in [0.4, 0.5) is 4.39 Å². The van der Waals surface area contributed by atoms with Gasteiger partial charge in [-0.3, -0.25) is 9.79 Å². The predicted octanol–water partition coefficient (Wildman–Crippen LogP) is 3.28. The number of carbonyl (C=O) groups is 1. The molecule has 0 saturated carbocycles.